The first kappa shape index (κ1) is 34.1. The predicted molar refractivity (Wildman–Crippen MR) is 146 cm³/mol. The molecule has 0 spiro atoms. The molecule has 0 saturated heterocycles. The minimum atomic E-state index is -4.03. The molecule has 0 N–H and O–H groups in total. The highest BCUT2D eigenvalue weighted by Crippen LogP contribution is 2.13. The van der Waals surface area contributed by atoms with Crippen molar-refractivity contribution in [2.24, 2.45) is 0 Å². The SMILES string of the molecule is CCO[Si](OCC)(OCCOC)c1ccccc1.COCC(=O)O[Si](OC(C)=O)(OC(C)=O)c1ccccc1. The third-order valence-electron chi connectivity index (χ3n) is 4.57. The normalized spacial score (nSPS) is 11.1. The average molecular weight is 583 g/mol. The van der Waals surface area contributed by atoms with Gasteiger partial charge in [0.15, 0.2) is 0 Å². The van der Waals surface area contributed by atoms with Crippen LogP contribution in [-0.4, -0.2) is 82.8 Å². The molecule has 0 aromatic heterocycles. The highest BCUT2D eigenvalue weighted by atomic mass is 28.4. The Morgan fingerprint density at radius 2 is 1.08 bits per heavy atom. The molecule has 0 bridgehead atoms. The van der Waals surface area contributed by atoms with E-state index in [0.29, 0.717) is 31.6 Å². The lowest BCUT2D eigenvalue weighted by atomic mass is 10.4. The Bertz CT molecular complexity index is 968. The van der Waals surface area contributed by atoms with Gasteiger partial charge in [0.05, 0.1) is 18.4 Å². The fourth-order valence-corrected chi connectivity index (χ4v) is 7.87. The number of rotatable bonds is 15. The monoisotopic (exact) mass is 582 g/mol. The third kappa shape index (κ3) is 11.8. The Morgan fingerprint density at radius 1 is 0.615 bits per heavy atom. The van der Waals surface area contributed by atoms with E-state index < -0.39 is 35.5 Å². The van der Waals surface area contributed by atoms with Crippen LogP contribution < -0.4 is 10.4 Å². The molecule has 0 aliphatic carbocycles. The van der Waals surface area contributed by atoms with Crippen molar-refractivity contribution in [3.05, 3.63) is 60.7 Å². The lowest BCUT2D eigenvalue weighted by Crippen LogP contribution is -2.59. The van der Waals surface area contributed by atoms with Crippen LogP contribution in [0.4, 0.5) is 0 Å². The van der Waals surface area contributed by atoms with Crippen molar-refractivity contribution < 1.29 is 50.4 Å². The van der Waals surface area contributed by atoms with Crippen LogP contribution in [0.15, 0.2) is 60.7 Å². The van der Waals surface area contributed by atoms with Crippen molar-refractivity contribution in [3.8, 4) is 0 Å². The second kappa shape index (κ2) is 18.4. The number of ether oxygens (including phenoxy) is 2. The maximum Gasteiger partial charge on any atom is 0.742 e. The molecule has 0 amide bonds. The fraction of sp³-hybridized carbons (Fsp3) is 0.423. The molecule has 0 aliphatic rings. The smallest absolute Gasteiger partial charge is 0.452 e. The molecule has 0 fully saturated rings. The number of benzene rings is 2. The van der Waals surface area contributed by atoms with Crippen LogP contribution in [0.5, 0.6) is 0 Å². The maximum absolute atomic E-state index is 11.7. The lowest BCUT2D eigenvalue weighted by molar-refractivity contribution is -0.149. The zero-order chi connectivity index (χ0) is 29.2. The van der Waals surface area contributed by atoms with Crippen LogP contribution in [0.3, 0.4) is 0 Å². The summed E-state index contributed by atoms with van der Waals surface area (Å²) in [6.45, 7) is 7.94. The van der Waals surface area contributed by atoms with E-state index >= 15 is 0 Å². The number of carbonyl (C=O) groups excluding carboxylic acids is 3. The number of methoxy groups -OCH3 is 2. The van der Waals surface area contributed by atoms with Gasteiger partial charge in [-0.1, -0.05) is 60.7 Å². The quantitative estimate of drug-likeness (QED) is 0.225. The summed E-state index contributed by atoms with van der Waals surface area (Å²) in [4.78, 5) is 34.4. The van der Waals surface area contributed by atoms with E-state index in [1.54, 1.807) is 37.4 Å². The predicted octanol–water partition coefficient (Wildman–Crippen LogP) is 1.72. The van der Waals surface area contributed by atoms with Crippen LogP contribution in [-0.2, 0) is 50.4 Å². The number of carbonyl (C=O) groups is 3. The zero-order valence-electron chi connectivity index (χ0n) is 23.3. The molecule has 0 atom stereocenters. The van der Waals surface area contributed by atoms with Gasteiger partial charge >= 0.3 is 23.6 Å². The Balaban J connectivity index is 0.000000395. The second-order valence-electron chi connectivity index (χ2n) is 7.65. The Hall–Kier alpha value is -2.92. The number of hydrogen-bond donors (Lipinski definition) is 0. The molecule has 2 aromatic rings. The molecule has 0 saturated carbocycles. The first-order valence-electron chi connectivity index (χ1n) is 12.3. The van der Waals surface area contributed by atoms with Crippen LogP contribution in [0, 0.1) is 0 Å². The lowest BCUT2D eigenvalue weighted by Gasteiger charge is -2.28. The van der Waals surface area contributed by atoms with Crippen molar-refractivity contribution >= 4 is 45.9 Å². The molecule has 0 unspecified atom stereocenters. The summed E-state index contributed by atoms with van der Waals surface area (Å²) in [5.41, 5.74) is 0. The molecule has 11 nitrogen and oxygen atoms in total. The molecule has 39 heavy (non-hydrogen) atoms. The number of hydrogen-bond acceptors (Lipinski definition) is 11. The summed E-state index contributed by atoms with van der Waals surface area (Å²) >= 11 is 0. The van der Waals surface area contributed by atoms with Crippen LogP contribution >= 0.6 is 0 Å². The van der Waals surface area contributed by atoms with Crippen LogP contribution in [0.2, 0.25) is 0 Å². The Morgan fingerprint density at radius 3 is 1.46 bits per heavy atom. The topological polar surface area (TPSA) is 125 Å². The Kier molecular flexibility index (Phi) is 16.1. The molecule has 216 valence electrons. The largest absolute Gasteiger partial charge is 0.742 e. The van der Waals surface area contributed by atoms with Gasteiger partial charge in [-0.15, -0.1) is 0 Å². The highest BCUT2D eigenvalue weighted by Gasteiger charge is 2.55. The summed E-state index contributed by atoms with van der Waals surface area (Å²) in [5.74, 6) is -2.25. The van der Waals surface area contributed by atoms with Crippen molar-refractivity contribution in [3.63, 3.8) is 0 Å². The zero-order valence-corrected chi connectivity index (χ0v) is 25.3. The van der Waals surface area contributed by atoms with E-state index in [0.717, 1.165) is 19.0 Å². The van der Waals surface area contributed by atoms with E-state index in [9.17, 15) is 14.4 Å². The summed E-state index contributed by atoms with van der Waals surface area (Å²) in [6, 6.07) is 18.0. The third-order valence-corrected chi connectivity index (χ3v) is 10.2. The minimum Gasteiger partial charge on any atom is -0.452 e. The van der Waals surface area contributed by atoms with Crippen molar-refractivity contribution in [2.75, 3.05) is 47.3 Å². The van der Waals surface area contributed by atoms with Gasteiger partial charge in [-0.25, -0.2) is 0 Å². The summed E-state index contributed by atoms with van der Waals surface area (Å²) < 4.78 is 42.7. The van der Waals surface area contributed by atoms with Gasteiger partial charge in [-0.3, -0.25) is 14.4 Å². The van der Waals surface area contributed by atoms with Gasteiger partial charge in [-0.2, -0.15) is 0 Å². The summed E-state index contributed by atoms with van der Waals surface area (Å²) in [6.07, 6.45) is 0. The van der Waals surface area contributed by atoms with Gasteiger partial charge < -0.3 is 36.0 Å². The molecule has 2 rings (SSSR count). The summed E-state index contributed by atoms with van der Waals surface area (Å²) in [5, 5.41) is 1.31. The summed E-state index contributed by atoms with van der Waals surface area (Å²) in [7, 11) is -3.86. The van der Waals surface area contributed by atoms with E-state index in [4.69, 9.17) is 31.3 Å². The van der Waals surface area contributed by atoms with Crippen molar-refractivity contribution in [2.45, 2.75) is 27.7 Å². The standard InChI is InChI=1S/C13H16O7Si.C13H22O4Si/c1-10(14)18-21(19-11(2)15,20-13(16)9-17-3)12-7-5-4-6-8-12;1-4-15-18(16-5-2,17-12-11-14-3)13-9-7-6-8-10-13/h4-8H,9H2,1-3H3;6-10H,4-5,11-12H2,1-3H3. The van der Waals surface area contributed by atoms with Gasteiger partial charge in [0.2, 0.25) is 0 Å². The van der Waals surface area contributed by atoms with E-state index in [-0.39, 0.29) is 6.61 Å². The molecule has 13 heteroatoms. The van der Waals surface area contributed by atoms with Crippen LogP contribution in [0.25, 0.3) is 0 Å². The van der Waals surface area contributed by atoms with Gasteiger partial charge in [0.1, 0.15) is 6.61 Å². The maximum atomic E-state index is 11.7. The van der Waals surface area contributed by atoms with E-state index in [2.05, 4.69) is 4.74 Å². The van der Waals surface area contributed by atoms with Crippen LogP contribution in [0.1, 0.15) is 27.7 Å². The molecule has 2 aromatic carbocycles. The Labute approximate surface area is 231 Å². The molecule has 0 radical (unpaired) electrons. The highest BCUT2D eigenvalue weighted by molar-refractivity contribution is 6.79. The second-order valence-corrected chi connectivity index (χ2v) is 12.5. The fourth-order valence-electron chi connectivity index (χ4n) is 3.21. The molecular weight excluding hydrogens is 544 g/mol. The van der Waals surface area contributed by atoms with Gasteiger partial charge in [0.25, 0.3) is 11.9 Å². The molecular formula is C26H38O11Si2. The van der Waals surface area contributed by atoms with Crippen molar-refractivity contribution in [1.29, 1.82) is 0 Å². The minimum absolute atomic E-state index is 0.319. The average Bonchev–Trinajstić information content (AvgIpc) is 2.90. The van der Waals surface area contributed by atoms with Gasteiger partial charge in [0, 0.05) is 46.5 Å². The first-order chi connectivity index (χ1) is 18.7. The van der Waals surface area contributed by atoms with E-state index in [1.165, 1.54) is 7.11 Å². The molecule has 0 aliphatic heterocycles. The van der Waals surface area contributed by atoms with Crippen molar-refractivity contribution in [1.82, 2.24) is 0 Å². The van der Waals surface area contributed by atoms with Gasteiger partial charge in [-0.05, 0) is 13.8 Å². The van der Waals surface area contributed by atoms with E-state index in [1.807, 2.05) is 44.2 Å². The first-order valence-corrected chi connectivity index (χ1v) is 15.7. The molecule has 0 heterocycles.